The normalized spacial score (nSPS) is 45.9. The zero-order valence-corrected chi connectivity index (χ0v) is 9.27. The molecule has 3 rings (SSSR count). The van der Waals surface area contributed by atoms with Crippen LogP contribution in [0.5, 0.6) is 0 Å². The summed E-state index contributed by atoms with van der Waals surface area (Å²) in [4.78, 5) is 14.0. The van der Waals surface area contributed by atoms with Crippen LogP contribution in [0.4, 0.5) is 0 Å². The summed E-state index contributed by atoms with van der Waals surface area (Å²) in [5.41, 5.74) is -0.303. The van der Waals surface area contributed by atoms with Gasteiger partial charge in [-0.2, -0.15) is 0 Å². The molecule has 0 aromatic heterocycles. The van der Waals surface area contributed by atoms with Gasteiger partial charge in [-0.15, -0.1) is 0 Å². The minimum Gasteiger partial charge on any atom is -0.348 e. The topological polar surface area (TPSA) is 32.8 Å². The van der Waals surface area contributed by atoms with Gasteiger partial charge in [0, 0.05) is 13.0 Å². The number of amides is 1. The molecule has 0 N–H and O–H groups in total. The lowest BCUT2D eigenvalue weighted by atomic mass is 9.92. The van der Waals surface area contributed by atoms with Gasteiger partial charge in [-0.05, 0) is 31.6 Å². The molecule has 2 aliphatic carbocycles. The molecule has 1 saturated carbocycles. The van der Waals surface area contributed by atoms with E-state index in [2.05, 4.69) is 12.2 Å². The number of ether oxygens (including phenoxy) is 1. The van der Waals surface area contributed by atoms with Crippen molar-refractivity contribution < 1.29 is 9.53 Å². The molecule has 2 bridgehead atoms. The second-order valence-electron chi connectivity index (χ2n) is 5.25. The van der Waals surface area contributed by atoms with Crippen molar-refractivity contribution in [3.63, 3.8) is 0 Å². The Morgan fingerprint density at radius 1 is 1.47 bits per heavy atom. The van der Waals surface area contributed by atoms with E-state index in [-0.39, 0.29) is 17.6 Å². The van der Waals surface area contributed by atoms with Crippen molar-refractivity contribution in [3.8, 4) is 0 Å². The molecule has 1 amide bonds. The molecule has 4 unspecified atom stereocenters. The van der Waals surface area contributed by atoms with Crippen molar-refractivity contribution in [2.45, 2.75) is 25.5 Å². The highest BCUT2D eigenvalue weighted by Crippen LogP contribution is 2.45. The summed E-state index contributed by atoms with van der Waals surface area (Å²) in [7, 11) is 1.87. The molecule has 3 aliphatic rings. The van der Waals surface area contributed by atoms with Crippen molar-refractivity contribution in [2.75, 3.05) is 13.7 Å². The summed E-state index contributed by atoms with van der Waals surface area (Å²) < 4.78 is 5.31. The van der Waals surface area contributed by atoms with Gasteiger partial charge in [0.2, 0.25) is 5.91 Å². The van der Waals surface area contributed by atoms with Gasteiger partial charge in [0.1, 0.15) is 0 Å². The first-order valence-electron chi connectivity index (χ1n) is 5.70. The van der Waals surface area contributed by atoms with Crippen molar-refractivity contribution in [3.05, 3.63) is 12.2 Å². The van der Waals surface area contributed by atoms with Gasteiger partial charge in [0.05, 0.1) is 6.61 Å². The summed E-state index contributed by atoms with van der Waals surface area (Å²) in [6, 6.07) is 0. The highest BCUT2D eigenvalue weighted by molar-refractivity contribution is 5.80. The SMILES string of the molecule is CN(C(=O)C1CC2C=CC1C2)C1(C)CO1. The minimum atomic E-state index is -0.303. The number of epoxide rings is 1. The number of hydrogen-bond acceptors (Lipinski definition) is 2. The highest BCUT2D eigenvalue weighted by atomic mass is 16.6. The lowest BCUT2D eigenvalue weighted by Gasteiger charge is -2.27. The number of hydrogen-bond donors (Lipinski definition) is 0. The van der Waals surface area contributed by atoms with Gasteiger partial charge in [0.25, 0.3) is 0 Å². The highest BCUT2D eigenvalue weighted by Gasteiger charge is 2.50. The Balaban J connectivity index is 1.73. The molecule has 0 aromatic rings. The maximum Gasteiger partial charge on any atom is 0.228 e. The van der Waals surface area contributed by atoms with E-state index in [0.29, 0.717) is 18.4 Å². The predicted octanol–water partition coefficient (Wildman–Crippen LogP) is 1.40. The smallest absolute Gasteiger partial charge is 0.228 e. The van der Waals surface area contributed by atoms with Crippen LogP contribution >= 0.6 is 0 Å². The summed E-state index contributed by atoms with van der Waals surface area (Å²) in [5, 5.41) is 0. The zero-order valence-electron chi connectivity index (χ0n) is 9.27. The first-order valence-corrected chi connectivity index (χ1v) is 5.70. The number of carbonyl (C=O) groups excluding carboxylic acids is 1. The summed E-state index contributed by atoms with van der Waals surface area (Å²) in [6.45, 7) is 2.67. The number of rotatable bonds is 2. The Labute approximate surface area is 90.1 Å². The Morgan fingerprint density at radius 2 is 2.20 bits per heavy atom. The van der Waals surface area contributed by atoms with E-state index >= 15 is 0 Å². The monoisotopic (exact) mass is 207 g/mol. The number of carbonyl (C=O) groups is 1. The van der Waals surface area contributed by atoms with Gasteiger partial charge in [-0.3, -0.25) is 4.79 Å². The number of likely N-dealkylation sites (N-methyl/N-ethyl adjacent to an activating group) is 1. The fourth-order valence-corrected chi connectivity index (χ4v) is 2.84. The molecular formula is C12H17NO2. The Bertz CT molecular complexity index is 333. The maximum absolute atomic E-state index is 12.2. The summed E-state index contributed by atoms with van der Waals surface area (Å²) in [6.07, 6.45) is 6.71. The molecule has 15 heavy (non-hydrogen) atoms. The third-order valence-corrected chi connectivity index (χ3v) is 4.20. The van der Waals surface area contributed by atoms with E-state index in [0.717, 1.165) is 6.42 Å². The van der Waals surface area contributed by atoms with Crippen LogP contribution in [-0.4, -0.2) is 30.2 Å². The Hall–Kier alpha value is -0.830. The van der Waals surface area contributed by atoms with E-state index in [1.807, 2.05) is 14.0 Å². The van der Waals surface area contributed by atoms with Crippen LogP contribution in [0.15, 0.2) is 12.2 Å². The van der Waals surface area contributed by atoms with Gasteiger partial charge < -0.3 is 9.64 Å². The lowest BCUT2D eigenvalue weighted by Crippen LogP contribution is -2.42. The molecular weight excluding hydrogens is 190 g/mol. The molecule has 1 heterocycles. The van der Waals surface area contributed by atoms with E-state index in [1.54, 1.807) is 4.90 Å². The number of allylic oxidation sites excluding steroid dienone is 2. The van der Waals surface area contributed by atoms with Crippen LogP contribution < -0.4 is 0 Å². The van der Waals surface area contributed by atoms with Crippen LogP contribution in [0.3, 0.4) is 0 Å². The van der Waals surface area contributed by atoms with Gasteiger partial charge in [-0.25, -0.2) is 0 Å². The van der Waals surface area contributed by atoms with Gasteiger partial charge in [0.15, 0.2) is 5.72 Å². The van der Waals surface area contributed by atoms with Gasteiger partial charge in [-0.1, -0.05) is 12.2 Å². The largest absolute Gasteiger partial charge is 0.348 e. The zero-order chi connectivity index (χ0) is 10.6. The lowest BCUT2D eigenvalue weighted by molar-refractivity contribution is -0.140. The third kappa shape index (κ3) is 1.33. The fourth-order valence-electron chi connectivity index (χ4n) is 2.84. The maximum atomic E-state index is 12.2. The van der Waals surface area contributed by atoms with Crippen molar-refractivity contribution in [2.24, 2.45) is 17.8 Å². The molecule has 1 aliphatic heterocycles. The van der Waals surface area contributed by atoms with Crippen LogP contribution in [0.1, 0.15) is 19.8 Å². The van der Waals surface area contributed by atoms with Crippen molar-refractivity contribution in [1.82, 2.24) is 4.90 Å². The van der Waals surface area contributed by atoms with Gasteiger partial charge >= 0.3 is 0 Å². The van der Waals surface area contributed by atoms with E-state index in [9.17, 15) is 4.79 Å². The Kier molecular flexibility index (Phi) is 1.78. The molecule has 1 saturated heterocycles. The van der Waals surface area contributed by atoms with Crippen LogP contribution in [-0.2, 0) is 9.53 Å². The third-order valence-electron chi connectivity index (χ3n) is 4.20. The Morgan fingerprint density at radius 3 is 2.67 bits per heavy atom. The van der Waals surface area contributed by atoms with Crippen LogP contribution in [0.2, 0.25) is 0 Å². The van der Waals surface area contributed by atoms with Crippen molar-refractivity contribution >= 4 is 5.91 Å². The first kappa shape index (κ1) is 9.40. The van der Waals surface area contributed by atoms with Crippen LogP contribution in [0.25, 0.3) is 0 Å². The quantitative estimate of drug-likeness (QED) is 0.506. The molecule has 4 atom stereocenters. The number of fused-ring (bicyclic) bond motifs is 2. The minimum absolute atomic E-state index is 0.214. The van der Waals surface area contributed by atoms with E-state index in [4.69, 9.17) is 4.74 Å². The predicted molar refractivity (Wildman–Crippen MR) is 56.0 cm³/mol. The molecule has 0 aromatic carbocycles. The van der Waals surface area contributed by atoms with E-state index < -0.39 is 0 Å². The second-order valence-corrected chi connectivity index (χ2v) is 5.25. The standard InChI is InChI=1S/C12H17NO2/c1-12(7-15-12)13(2)11(14)10-6-8-3-4-9(10)5-8/h3-4,8-10H,5-7H2,1-2H3. The molecule has 3 nitrogen and oxygen atoms in total. The fraction of sp³-hybridized carbons (Fsp3) is 0.750. The van der Waals surface area contributed by atoms with Crippen LogP contribution in [0, 0.1) is 17.8 Å². The average molecular weight is 207 g/mol. The average Bonchev–Trinajstić information content (AvgIpc) is 2.71. The summed E-state index contributed by atoms with van der Waals surface area (Å²) >= 11 is 0. The molecule has 2 fully saturated rings. The molecule has 82 valence electrons. The number of nitrogens with zero attached hydrogens (tertiary/aromatic N) is 1. The molecule has 0 spiro atoms. The first-order chi connectivity index (χ1) is 7.10. The molecule has 0 radical (unpaired) electrons. The molecule has 3 heteroatoms. The van der Waals surface area contributed by atoms with E-state index in [1.165, 1.54) is 6.42 Å². The van der Waals surface area contributed by atoms with Crippen molar-refractivity contribution in [1.29, 1.82) is 0 Å². The second kappa shape index (κ2) is 2.85. The summed E-state index contributed by atoms with van der Waals surface area (Å²) in [5.74, 6) is 1.63.